The van der Waals surface area contributed by atoms with Crippen molar-refractivity contribution in [3.05, 3.63) is 35.9 Å². The molecule has 0 fully saturated rings. The summed E-state index contributed by atoms with van der Waals surface area (Å²) < 4.78 is 22.1. The highest BCUT2D eigenvalue weighted by Crippen LogP contribution is 2.36. The molecule has 0 N–H and O–H groups in total. The van der Waals surface area contributed by atoms with E-state index < -0.39 is 41.4 Å². The van der Waals surface area contributed by atoms with E-state index >= 15 is 0 Å². The first-order valence-electron chi connectivity index (χ1n) is 15.3. The minimum Gasteiger partial charge on any atom is -0.461 e. The van der Waals surface area contributed by atoms with Crippen LogP contribution >= 0.6 is 0 Å². The third kappa shape index (κ3) is 18.6. The van der Waals surface area contributed by atoms with Crippen LogP contribution in [-0.2, 0) is 44.7 Å². The molecule has 2 unspecified atom stereocenters. The summed E-state index contributed by atoms with van der Waals surface area (Å²) in [5, 5.41) is 0. The first kappa shape index (κ1) is 40.4. The molecule has 1 rings (SSSR count). The van der Waals surface area contributed by atoms with Crippen molar-refractivity contribution in [2.45, 2.75) is 145 Å². The van der Waals surface area contributed by atoms with Crippen molar-refractivity contribution in [3.8, 4) is 0 Å². The molecule has 8 heteroatoms. The number of unbranched alkanes of at least 4 members (excludes halogenated alkanes) is 2. The quantitative estimate of drug-likeness (QED) is 0.102. The second kappa shape index (κ2) is 18.3. The largest absolute Gasteiger partial charge is 0.461 e. The maximum Gasteiger partial charge on any atom is 0.332 e. The van der Waals surface area contributed by atoms with Crippen LogP contribution in [0.5, 0.6) is 0 Å². The molecule has 2 atom stereocenters. The number of ketones is 1. The Morgan fingerprint density at radius 1 is 0.814 bits per heavy atom. The first-order chi connectivity index (χ1) is 19.6. The Bertz CT molecular complexity index is 977. The van der Waals surface area contributed by atoms with Gasteiger partial charge in [0.15, 0.2) is 18.2 Å². The fourth-order valence-corrected chi connectivity index (χ4v) is 3.77. The summed E-state index contributed by atoms with van der Waals surface area (Å²) in [6, 6.07) is 9.46. The molecule has 0 radical (unpaired) electrons. The summed E-state index contributed by atoms with van der Waals surface area (Å²) in [6.07, 6.45) is 1.61. The lowest BCUT2D eigenvalue weighted by Crippen LogP contribution is -2.52. The first-order valence-corrected chi connectivity index (χ1v) is 15.3. The fraction of sp³-hybridized carbons (Fsp3) is 0.714. The summed E-state index contributed by atoms with van der Waals surface area (Å²) >= 11 is 0. The third-order valence-corrected chi connectivity index (χ3v) is 6.62. The maximum absolute atomic E-state index is 13.1. The average Bonchev–Trinajstić information content (AvgIpc) is 2.88. The second-order valence-electron chi connectivity index (χ2n) is 14.6. The Morgan fingerprint density at radius 3 is 1.88 bits per heavy atom. The van der Waals surface area contributed by atoms with E-state index in [0.717, 1.165) is 5.56 Å². The molecule has 0 spiro atoms. The number of ether oxygens (including phenoxy) is 4. The van der Waals surface area contributed by atoms with E-state index in [1.807, 2.05) is 51.1 Å². The molecule has 0 aliphatic rings. The molecular weight excluding hydrogens is 548 g/mol. The molecule has 0 saturated heterocycles. The van der Waals surface area contributed by atoms with Crippen LogP contribution in [0.1, 0.15) is 121 Å². The SMILES string of the molecule is CC(C)(C)C.CC(OC(C)(C)C)C(=O)C(C)(C)C(C)(C)OCC(=O)OC(C=O)CCCCCC(=O)OCc1ccccc1. The van der Waals surface area contributed by atoms with Gasteiger partial charge in [-0.25, -0.2) is 4.79 Å². The summed E-state index contributed by atoms with van der Waals surface area (Å²) in [5.41, 5.74) is -0.993. The number of hydrogen-bond donors (Lipinski definition) is 0. The summed E-state index contributed by atoms with van der Waals surface area (Å²) in [5.74, 6) is -1.09. The van der Waals surface area contributed by atoms with Crippen molar-refractivity contribution in [2.75, 3.05) is 6.61 Å². The molecule has 0 bridgehead atoms. The van der Waals surface area contributed by atoms with Gasteiger partial charge in [-0.2, -0.15) is 0 Å². The molecule has 0 amide bonds. The van der Waals surface area contributed by atoms with Gasteiger partial charge < -0.3 is 18.9 Å². The number of hydrogen-bond acceptors (Lipinski definition) is 8. The Kier molecular flexibility index (Phi) is 17.2. The molecule has 246 valence electrons. The number of rotatable bonds is 17. The summed E-state index contributed by atoms with van der Waals surface area (Å²) in [4.78, 5) is 48.8. The van der Waals surface area contributed by atoms with E-state index in [-0.39, 0.29) is 24.8 Å². The Morgan fingerprint density at radius 2 is 1.37 bits per heavy atom. The van der Waals surface area contributed by atoms with E-state index in [4.69, 9.17) is 18.9 Å². The molecule has 0 aromatic heterocycles. The van der Waals surface area contributed by atoms with E-state index in [9.17, 15) is 19.2 Å². The van der Waals surface area contributed by atoms with Crippen molar-refractivity contribution in [2.24, 2.45) is 10.8 Å². The second-order valence-corrected chi connectivity index (χ2v) is 14.6. The third-order valence-electron chi connectivity index (χ3n) is 6.62. The van der Waals surface area contributed by atoms with Gasteiger partial charge in [0.05, 0.1) is 16.6 Å². The van der Waals surface area contributed by atoms with Crippen molar-refractivity contribution < 1.29 is 38.1 Å². The molecule has 0 saturated carbocycles. The lowest BCUT2D eigenvalue weighted by Gasteiger charge is -2.41. The lowest BCUT2D eigenvalue weighted by atomic mass is 9.72. The van der Waals surface area contributed by atoms with Crippen molar-refractivity contribution in [1.82, 2.24) is 0 Å². The van der Waals surface area contributed by atoms with Gasteiger partial charge in [0, 0.05) is 6.42 Å². The number of esters is 2. The molecule has 1 aromatic carbocycles. The monoisotopic (exact) mass is 606 g/mol. The Hall–Kier alpha value is -2.58. The van der Waals surface area contributed by atoms with Gasteiger partial charge >= 0.3 is 11.9 Å². The van der Waals surface area contributed by atoms with E-state index in [0.29, 0.717) is 37.4 Å². The van der Waals surface area contributed by atoms with Gasteiger partial charge in [0.2, 0.25) is 0 Å². The normalized spacial score (nSPS) is 13.7. The minimum atomic E-state index is -0.996. The zero-order valence-electron chi connectivity index (χ0n) is 28.8. The van der Waals surface area contributed by atoms with E-state index in [2.05, 4.69) is 27.7 Å². The highest BCUT2D eigenvalue weighted by atomic mass is 16.6. The van der Waals surface area contributed by atoms with Crippen LogP contribution in [0.4, 0.5) is 0 Å². The Labute approximate surface area is 260 Å². The van der Waals surface area contributed by atoms with Gasteiger partial charge in [-0.1, -0.05) is 78.3 Å². The molecule has 0 aliphatic heterocycles. The van der Waals surface area contributed by atoms with Gasteiger partial charge in [0.25, 0.3) is 0 Å². The topological polar surface area (TPSA) is 105 Å². The maximum atomic E-state index is 13.1. The molecular formula is C35H58O8. The van der Waals surface area contributed by atoms with Crippen LogP contribution in [0.25, 0.3) is 0 Å². The predicted molar refractivity (Wildman–Crippen MR) is 170 cm³/mol. The van der Waals surface area contributed by atoms with Gasteiger partial charge in [0.1, 0.15) is 19.3 Å². The van der Waals surface area contributed by atoms with Crippen LogP contribution in [-0.4, -0.2) is 54.0 Å². The fourth-order valence-electron chi connectivity index (χ4n) is 3.77. The van der Waals surface area contributed by atoms with Crippen LogP contribution in [0.2, 0.25) is 0 Å². The van der Waals surface area contributed by atoms with E-state index in [1.54, 1.807) is 34.6 Å². The zero-order chi connectivity index (χ0) is 33.5. The zero-order valence-corrected chi connectivity index (χ0v) is 28.8. The molecule has 43 heavy (non-hydrogen) atoms. The number of aldehydes is 1. The minimum absolute atomic E-state index is 0.138. The van der Waals surface area contributed by atoms with Crippen LogP contribution in [0.3, 0.4) is 0 Å². The number of benzene rings is 1. The summed E-state index contributed by atoms with van der Waals surface area (Å²) in [7, 11) is 0. The molecule has 8 nitrogen and oxygen atoms in total. The predicted octanol–water partition coefficient (Wildman–Crippen LogP) is 7.44. The standard InChI is InChI=1S/C30H46O8.C5H12/c1-22(38-28(2,3)4)27(34)29(5,6)30(7,8)36-21-26(33)37-24(19-31)17-13-10-14-18-25(32)35-20-23-15-11-9-12-16-23;1-5(2,3)4/h9,11-12,15-16,19,22,24H,10,13-14,17-18,20-21H2,1-8H3;1-4H3. The number of Topliss-reactive ketones (excluding diaryl/α,β-unsaturated/α-hetero) is 1. The van der Waals surface area contributed by atoms with Gasteiger partial charge in [-0.15, -0.1) is 0 Å². The highest BCUT2D eigenvalue weighted by Gasteiger charge is 2.47. The molecule has 0 heterocycles. The molecule has 1 aromatic rings. The number of carbonyl (C=O) groups is 4. The number of carbonyl (C=O) groups excluding carboxylic acids is 4. The molecule has 0 aliphatic carbocycles. The van der Waals surface area contributed by atoms with Crippen molar-refractivity contribution in [1.29, 1.82) is 0 Å². The van der Waals surface area contributed by atoms with Crippen molar-refractivity contribution in [3.63, 3.8) is 0 Å². The Balaban J connectivity index is 0.00000324. The van der Waals surface area contributed by atoms with Crippen LogP contribution in [0, 0.1) is 10.8 Å². The highest BCUT2D eigenvalue weighted by molar-refractivity contribution is 5.89. The van der Waals surface area contributed by atoms with E-state index in [1.165, 1.54) is 0 Å². The smallest absolute Gasteiger partial charge is 0.332 e. The average molecular weight is 607 g/mol. The van der Waals surface area contributed by atoms with Crippen molar-refractivity contribution >= 4 is 24.0 Å². The van der Waals surface area contributed by atoms with Crippen LogP contribution in [0.15, 0.2) is 30.3 Å². The lowest BCUT2D eigenvalue weighted by molar-refractivity contribution is -0.177. The van der Waals surface area contributed by atoms with Gasteiger partial charge in [-0.3, -0.25) is 14.4 Å². The van der Waals surface area contributed by atoms with Crippen LogP contribution < -0.4 is 0 Å². The van der Waals surface area contributed by atoms with Gasteiger partial charge in [-0.05, 0) is 71.8 Å². The summed E-state index contributed by atoms with van der Waals surface area (Å²) in [6.45, 7) is 23.0.